The number of aliphatic carboxylic acids is 1. The van der Waals surface area contributed by atoms with Crippen LogP contribution in [0, 0.1) is 0 Å². The Balaban J connectivity index is 2.04. The van der Waals surface area contributed by atoms with Gasteiger partial charge in [-0.15, -0.1) is 10.2 Å². The van der Waals surface area contributed by atoms with E-state index in [-0.39, 0.29) is 6.42 Å². The van der Waals surface area contributed by atoms with E-state index in [0.717, 1.165) is 15.7 Å². The molecule has 0 unspecified atom stereocenters. The highest BCUT2D eigenvalue weighted by atomic mass is 79.9. The number of anilines is 1. The molecule has 0 fully saturated rings. The molecule has 2 aromatic rings. The Hall–Kier alpha value is -1.95. The molecular weight excluding hydrogens is 310 g/mol. The lowest BCUT2D eigenvalue weighted by Gasteiger charge is -2.04. The summed E-state index contributed by atoms with van der Waals surface area (Å²) in [4.78, 5) is 10.4. The molecular formula is C13H12BrN3O2. The smallest absolute Gasteiger partial charge is 0.305 e. The molecule has 0 aliphatic heterocycles. The molecule has 98 valence electrons. The predicted octanol–water partition coefficient (Wildman–Crippen LogP) is 2.79. The fourth-order valence-corrected chi connectivity index (χ4v) is 1.93. The average molecular weight is 322 g/mol. The minimum absolute atomic E-state index is 0.0507. The summed E-state index contributed by atoms with van der Waals surface area (Å²) in [6.07, 6.45) is 0.0507. The fraction of sp³-hybridized carbons (Fsp3) is 0.154. The van der Waals surface area contributed by atoms with Gasteiger partial charge in [0, 0.05) is 16.6 Å². The minimum Gasteiger partial charge on any atom is -0.481 e. The van der Waals surface area contributed by atoms with Gasteiger partial charge in [-0.25, -0.2) is 0 Å². The Labute approximate surface area is 118 Å². The van der Waals surface area contributed by atoms with E-state index in [1.165, 1.54) is 0 Å². The van der Waals surface area contributed by atoms with Gasteiger partial charge in [0.15, 0.2) is 0 Å². The second kappa shape index (κ2) is 6.29. The van der Waals surface area contributed by atoms with E-state index in [2.05, 4.69) is 31.4 Å². The number of nitrogens with zero attached hydrogens (tertiary/aromatic N) is 2. The Kier molecular flexibility index (Phi) is 4.46. The SMILES string of the molecule is O=C(O)CCNc1ccc(-c2cccc(Br)c2)nn1. The summed E-state index contributed by atoms with van der Waals surface area (Å²) >= 11 is 3.41. The minimum atomic E-state index is -0.841. The standard InChI is InChI=1S/C13H12BrN3O2/c14-10-3-1-2-9(8-10)11-4-5-12(17-16-11)15-7-6-13(18)19/h1-5,8H,6-7H2,(H,15,17)(H,18,19). The Morgan fingerprint density at radius 2 is 2.11 bits per heavy atom. The zero-order valence-electron chi connectivity index (χ0n) is 10.0. The van der Waals surface area contributed by atoms with Crippen molar-refractivity contribution in [3.05, 3.63) is 40.9 Å². The molecule has 5 nitrogen and oxygen atoms in total. The molecule has 19 heavy (non-hydrogen) atoms. The molecule has 2 rings (SSSR count). The van der Waals surface area contributed by atoms with E-state index in [1.807, 2.05) is 30.3 Å². The number of carboxylic acid groups (broad SMARTS) is 1. The van der Waals surface area contributed by atoms with Crippen molar-refractivity contribution in [3.63, 3.8) is 0 Å². The molecule has 0 spiro atoms. The first kappa shape index (κ1) is 13.5. The van der Waals surface area contributed by atoms with E-state index in [4.69, 9.17) is 5.11 Å². The first-order valence-corrected chi connectivity index (χ1v) is 6.50. The molecule has 0 amide bonds. The van der Waals surface area contributed by atoms with Crippen LogP contribution in [-0.4, -0.2) is 27.8 Å². The highest BCUT2D eigenvalue weighted by Gasteiger charge is 2.02. The highest BCUT2D eigenvalue weighted by molar-refractivity contribution is 9.10. The van der Waals surface area contributed by atoms with E-state index in [1.54, 1.807) is 6.07 Å². The van der Waals surface area contributed by atoms with Crippen LogP contribution < -0.4 is 5.32 Å². The summed E-state index contributed by atoms with van der Waals surface area (Å²) < 4.78 is 0.982. The number of hydrogen-bond donors (Lipinski definition) is 2. The summed E-state index contributed by atoms with van der Waals surface area (Å²) in [5.41, 5.74) is 1.74. The van der Waals surface area contributed by atoms with E-state index >= 15 is 0 Å². The topological polar surface area (TPSA) is 75.1 Å². The van der Waals surface area contributed by atoms with Crippen molar-refractivity contribution in [1.82, 2.24) is 10.2 Å². The summed E-state index contributed by atoms with van der Waals surface area (Å²) in [5, 5.41) is 19.6. The monoisotopic (exact) mass is 321 g/mol. The van der Waals surface area contributed by atoms with Gasteiger partial charge in [-0.1, -0.05) is 28.1 Å². The van der Waals surface area contributed by atoms with Gasteiger partial charge in [-0.05, 0) is 24.3 Å². The number of aromatic nitrogens is 2. The second-order valence-electron chi connectivity index (χ2n) is 3.88. The average Bonchev–Trinajstić information content (AvgIpc) is 2.39. The van der Waals surface area contributed by atoms with Crippen LogP contribution in [-0.2, 0) is 4.79 Å². The number of rotatable bonds is 5. The Morgan fingerprint density at radius 1 is 1.26 bits per heavy atom. The fourth-order valence-electron chi connectivity index (χ4n) is 1.53. The number of carbonyl (C=O) groups is 1. The maximum Gasteiger partial charge on any atom is 0.305 e. The van der Waals surface area contributed by atoms with Crippen molar-refractivity contribution in [2.24, 2.45) is 0 Å². The van der Waals surface area contributed by atoms with Crippen LogP contribution in [0.15, 0.2) is 40.9 Å². The van der Waals surface area contributed by atoms with Crippen LogP contribution >= 0.6 is 15.9 Å². The zero-order chi connectivity index (χ0) is 13.7. The molecule has 0 atom stereocenters. The number of carboxylic acids is 1. The van der Waals surface area contributed by atoms with Crippen LogP contribution in [0.5, 0.6) is 0 Å². The number of halogens is 1. The van der Waals surface area contributed by atoms with Crippen LogP contribution in [0.4, 0.5) is 5.82 Å². The normalized spacial score (nSPS) is 10.2. The van der Waals surface area contributed by atoms with Crippen LogP contribution in [0.2, 0.25) is 0 Å². The van der Waals surface area contributed by atoms with Crippen molar-refractivity contribution in [2.75, 3.05) is 11.9 Å². The lowest BCUT2D eigenvalue weighted by atomic mass is 10.1. The second-order valence-corrected chi connectivity index (χ2v) is 4.80. The first-order valence-electron chi connectivity index (χ1n) is 5.70. The molecule has 0 aliphatic rings. The molecule has 0 aliphatic carbocycles. The molecule has 1 heterocycles. The van der Waals surface area contributed by atoms with Gasteiger partial charge in [0.1, 0.15) is 5.82 Å². The van der Waals surface area contributed by atoms with Gasteiger partial charge in [-0.3, -0.25) is 4.79 Å². The summed E-state index contributed by atoms with van der Waals surface area (Å²) in [6.45, 7) is 0.334. The van der Waals surface area contributed by atoms with Crippen molar-refractivity contribution in [3.8, 4) is 11.3 Å². The summed E-state index contributed by atoms with van der Waals surface area (Å²) in [7, 11) is 0. The molecule has 0 radical (unpaired) electrons. The first-order chi connectivity index (χ1) is 9.15. The summed E-state index contributed by atoms with van der Waals surface area (Å²) in [5.74, 6) is -0.272. The van der Waals surface area contributed by atoms with Gasteiger partial charge in [0.05, 0.1) is 12.1 Å². The van der Waals surface area contributed by atoms with Gasteiger partial charge in [0.25, 0.3) is 0 Å². The maximum absolute atomic E-state index is 10.4. The van der Waals surface area contributed by atoms with Gasteiger partial charge < -0.3 is 10.4 Å². The third-order valence-corrected chi connectivity index (χ3v) is 2.92. The third-order valence-electron chi connectivity index (χ3n) is 2.43. The van der Waals surface area contributed by atoms with Crippen LogP contribution in [0.1, 0.15) is 6.42 Å². The third kappa shape index (κ3) is 4.03. The van der Waals surface area contributed by atoms with E-state index in [9.17, 15) is 4.79 Å². The van der Waals surface area contributed by atoms with Gasteiger partial charge in [-0.2, -0.15) is 0 Å². The summed E-state index contributed by atoms with van der Waals surface area (Å²) in [6, 6.07) is 11.4. The lowest BCUT2D eigenvalue weighted by Crippen LogP contribution is -2.09. The largest absolute Gasteiger partial charge is 0.481 e. The Bertz CT molecular complexity index is 572. The molecule has 0 saturated carbocycles. The predicted molar refractivity (Wildman–Crippen MR) is 75.9 cm³/mol. The van der Waals surface area contributed by atoms with Crippen molar-refractivity contribution in [2.45, 2.75) is 6.42 Å². The lowest BCUT2D eigenvalue weighted by molar-refractivity contribution is -0.136. The molecule has 2 N–H and O–H groups in total. The van der Waals surface area contributed by atoms with Crippen molar-refractivity contribution >= 4 is 27.7 Å². The highest BCUT2D eigenvalue weighted by Crippen LogP contribution is 2.21. The van der Waals surface area contributed by atoms with Crippen LogP contribution in [0.25, 0.3) is 11.3 Å². The van der Waals surface area contributed by atoms with E-state index in [0.29, 0.717) is 12.4 Å². The molecule has 0 saturated heterocycles. The molecule has 1 aromatic heterocycles. The quantitative estimate of drug-likeness (QED) is 0.885. The van der Waals surface area contributed by atoms with Crippen molar-refractivity contribution < 1.29 is 9.90 Å². The van der Waals surface area contributed by atoms with Crippen molar-refractivity contribution in [1.29, 1.82) is 0 Å². The van der Waals surface area contributed by atoms with E-state index < -0.39 is 5.97 Å². The van der Waals surface area contributed by atoms with Crippen LogP contribution in [0.3, 0.4) is 0 Å². The Morgan fingerprint density at radius 3 is 2.74 bits per heavy atom. The number of hydrogen-bond acceptors (Lipinski definition) is 4. The molecule has 6 heteroatoms. The maximum atomic E-state index is 10.4. The molecule has 0 bridgehead atoms. The zero-order valence-corrected chi connectivity index (χ0v) is 11.6. The molecule has 1 aromatic carbocycles. The van der Waals surface area contributed by atoms with Gasteiger partial charge in [0.2, 0.25) is 0 Å². The number of benzene rings is 1. The number of nitrogens with one attached hydrogen (secondary N) is 1. The van der Waals surface area contributed by atoms with Gasteiger partial charge >= 0.3 is 5.97 Å².